The molecule has 2 aliphatic rings. The highest BCUT2D eigenvalue weighted by Crippen LogP contribution is 2.44. The Balaban J connectivity index is 1.43. The molecule has 2 aliphatic carbocycles. The molecule has 2 fully saturated rings. The Morgan fingerprint density at radius 1 is 0.735 bits per heavy atom. The first-order valence-corrected chi connectivity index (χ1v) is 12.0. The molecule has 2 saturated carbocycles. The number of rotatable bonds is 5. The molecule has 0 N–H and O–H groups in total. The molecule has 184 valence electrons. The Bertz CT molecular complexity index is 1040. The van der Waals surface area contributed by atoms with Gasteiger partial charge in [0.25, 0.3) is 0 Å². The minimum atomic E-state index is -1.45. The summed E-state index contributed by atoms with van der Waals surface area (Å²) in [6.07, 6.45) is 8.63. The normalized spacial score (nSPS) is 25.1. The molecule has 0 spiro atoms. The van der Waals surface area contributed by atoms with Gasteiger partial charge >= 0.3 is 5.97 Å². The summed E-state index contributed by atoms with van der Waals surface area (Å²) >= 11 is 0. The predicted molar refractivity (Wildman–Crippen MR) is 120 cm³/mol. The highest BCUT2D eigenvalue weighted by molar-refractivity contribution is 5.91. The van der Waals surface area contributed by atoms with Gasteiger partial charge in [-0.25, -0.2) is 13.6 Å². The van der Waals surface area contributed by atoms with E-state index in [1.54, 1.807) is 0 Å². The maximum absolute atomic E-state index is 14.9. The molecule has 0 saturated heterocycles. The molecule has 0 radical (unpaired) electrons. The van der Waals surface area contributed by atoms with E-state index < -0.39 is 40.6 Å². The van der Waals surface area contributed by atoms with E-state index in [2.05, 4.69) is 11.7 Å². The van der Waals surface area contributed by atoms with Crippen molar-refractivity contribution in [3.05, 3.63) is 58.7 Å². The zero-order chi connectivity index (χ0) is 24.4. The molecule has 0 atom stereocenters. The third-order valence-corrected chi connectivity index (χ3v) is 7.70. The first kappa shape index (κ1) is 24.6. The fraction of sp³-hybridized carbons (Fsp3) is 0.519. The van der Waals surface area contributed by atoms with Gasteiger partial charge < -0.3 is 9.47 Å². The van der Waals surface area contributed by atoms with Gasteiger partial charge in [0.1, 0.15) is 0 Å². The zero-order valence-corrected chi connectivity index (χ0v) is 19.5. The number of halogens is 4. The zero-order valence-electron chi connectivity index (χ0n) is 19.5. The number of ether oxygens (including phenoxy) is 2. The van der Waals surface area contributed by atoms with Crippen LogP contribution in [0.3, 0.4) is 0 Å². The van der Waals surface area contributed by atoms with Gasteiger partial charge in [-0.1, -0.05) is 25.8 Å². The van der Waals surface area contributed by atoms with E-state index in [0.29, 0.717) is 5.92 Å². The molecule has 2 aromatic carbocycles. The van der Waals surface area contributed by atoms with E-state index in [1.165, 1.54) is 31.7 Å². The minimum Gasteiger partial charge on any atom is -0.494 e. The number of hydrogen-bond donors (Lipinski definition) is 0. The van der Waals surface area contributed by atoms with Crippen molar-refractivity contribution in [2.24, 2.45) is 17.8 Å². The fourth-order valence-corrected chi connectivity index (χ4v) is 5.60. The maximum atomic E-state index is 14.9. The monoisotopic (exact) mass is 478 g/mol. The average molecular weight is 479 g/mol. The van der Waals surface area contributed by atoms with Crippen molar-refractivity contribution in [2.45, 2.75) is 64.2 Å². The molecule has 3 nitrogen and oxygen atoms in total. The number of carbonyl (C=O) groups excluding carboxylic acids is 1. The van der Waals surface area contributed by atoms with Crippen LogP contribution in [0, 0.1) is 41.0 Å². The number of benzene rings is 2. The molecule has 4 rings (SSSR count). The highest BCUT2D eigenvalue weighted by atomic mass is 19.2. The van der Waals surface area contributed by atoms with Crippen molar-refractivity contribution in [3.63, 3.8) is 0 Å². The second-order valence-electron chi connectivity index (χ2n) is 9.75. The second-order valence-corrected chi connectivity index (χ2v) is 9.75. The second kappa shape index (κ2) is 10.4. The van der Waals surface area contributed by atoms with E-state index in [4.69, 9.17) is 4.74 Å². The predicted octanol–water partition coefficient (Wildman–Crippen LogP) is 7.57. The molecule has 0 aromatic heterocycles. The fourth-order valence-electron chi connectivity index (χ4n) is 5.60. The molecule has 34 heavy (non-hydrogen) atoms. The molecule has 0 heterocycles. The Labute approximate surface area is 197 Å². The molecule has 0 aliphatic heterocycles. The summed E-state index contributed by atoms with van der Waals surface area (Å²) in [6, 6.07) is 4.63. The van der Waals surface area contributed by atoms with Gasteiger partial charge in [0.15, 0.2) is 23.1 Å². The lowest BCUT2D eigenvalue weighted by molar-refractivity contribution is 0.0720. The van der Waals surface area contributed by atoms with Crippen LogP contribution in [0.25, 0.3) is 0 Å². The Hall–Kier alpha value is -2.57. The van der Waals surface area contributed by atoms with Gasteiger partial charge in [-0.2, -0.15) is 8.78 Å². The van der Waals surface area contributed by atoms with E-state index in [1.807, 2.05) is 0 Å². The molecule has 0 amide bonds. The summed E-state index contributed by atoms with van der Waals surface area (Å²) in [5, 5.41) is 0. The maximum Gasteiger partial charge on any atom is 0.346 e. The summed E-state index contributed by atoms with van der Waals surface area (Å²) in [6.45, 7) is 2.30. The van der Waals surface area contributed by atoms with Gasteiger partial charge in [0.2, 0.25) is 11.6 Å². The van der Waals surface area contributed by atoms with Crippen LogP contribution in [-0.2, 0) is 0 Å². The molecule has 0 unspecified atom stereocenters. The minimum absolute atomic E-state index is 0.105. The Morgan fingerprint density at radius 2 is 1.29 bits per heavy atom. The van der Waals surface area contributed by atoms with Crippen molar-refractivity contribution in [1.82, 2.24) is 0 Å². The van der Waals surface area contributed by atoms with Gasteiger partial charge in [0, 0.05) is 0 Å². The van der Waals surface area contributed by atoms with Crippen LogP contribution in [0.1, 0.15) is 80.1 Å². The number of carbonyl (C=O) groups is 1. The molecule has 2 aromatic rings. The molecular weight excluding hydrogens is 448 g/mol. The van der Waals surface area contributed by atoms with Gasteiger partial charge in [-0.05, 0) is 86.0 Å². The number of hydrogen-bond acceptors (Lipinski definition) is 3. The molecule has 7 heteroatoms. The van der Waals surface area contributed by atoms with Crippen molar-refractivity contribution < 1.29 is 31.8 Å². The van der Waals surface area contributed by atoms with E-state index in [-0.39, 0.29) is 17.2 Å². The van der Waals surface area contributed by atoms with Crippen LogP contribution in [0.5, 0.6) is 11.5 Å². The van der Waals surface area contributed by atoms with Crippen molar-refractivity contribution in [3.8, 4) is 11.5 Å². The standard InChI is InChI=1S/C27H30F4O3/c1-15-3-5-16(6-4-15)17-7-9-18(10-8-17)19-11-12-20(24(29)23(19)28)27(32)34-22-14-13-21(33-2)25(30)26(22)31/h11-18H,3-10H2,1-2H3. The number of methoxy groups -OCH3 is 1. The first-order chi connectivity index (χ1) is 16.3. The largest absolute Gasteiger partial charge is 0.494 e. The number of esters is 1. The lowest BCUT2D eigenvalue weighted by Gasteiger charge is -2.37. The summed E-state index contributed by atoms with van der Waals surface area (Å²) in [5.74, 6) is -5.53. The highest BCUT2D eigenvalue weighted by Gasteiger charge is 2.32. The average Bonchev–Trinajstić information content (AvgIpc) is 2.84. The van der Waals surface area contributed by atoms with Crippen LogP contribution < -0.4 is 9.47 Å². The van der Waals surface area contributed by atoms with Crippen LogP contribution in [0.2, 0.25) is 0 Å². The van der Waals surface area contributed by atoms with E-state index in [0.717, 1.165) is 62.8 Å². The lowest BCUT2D eigenvalue weighted by atomic mass is 9.68. The van der Waals surface area contributed by atoms with Crippen molar-refractivity contribution in [1.29, 1.82) is 0 Å². The summed E-state index contributed by atoms with van der Waals surface area (Å²) < 4.78 is 67.2. The topological polar surface area (TPSA) is 35.5 Å². The molecule has 0 bridgehead atoms. The van der Waals surface area contributed by atoms with Gasteiger partial charge in [-0.3, -0.25) is 0 Å². The summed E-state index contributed by atoms with van der Waals surface area (Å²) in [5.41, 5.74) is -0.409. The van der Waals surface area contributed by atoms with E-state index in [9.17, 15) is 22.4 Å². The lowest BCUT2D eigenvalue weighted by Crippen LogP contribution is -2.25. The van der Waals surface area contributed by atoms with Crippen LogP contribution in [0.4, 0.5) is 17.6 Å². The molecular formula is C27H30F4O3. The Morgan fingerprint density at radius 3 is 1.91 bits per heavy atom. The van der Waals surface area contributed by atoms with Crippen LogP contribution >= 0.6 is 0 Å². The first-order valence-electron chi connectivity index (χ1n) is 12.0. The summed E-state index contributed by atoms with van der Waals surface area (Å²) in [7, 11) is 1.16. The van der Waals surface area contributed by atoms with Crippen LogP contribution in [0.15, 0.2) is 24.3 Å². The van der Waals surface area contributed by atoms with Crippen LogP contribution in [-0.4, -0.2) is 13.1 Å². The third kappa shape index (κ3) is 4.93. The Kier molecular flexibility index (Phi) is 7.48. The quantitative estimate of drug-likeness (QED) is 0.253. The summed E-state index contributed by atoms with van der Waals surface area (Å²) in [4.78, 5) is 12.4. The van der Waals surface area contributed by atoms with Crippen molar-refractivity contribution >= 4 is 5.97 Å². The smallest absolute Gasteiger partial charge is 0.346 e. The van der Waals surface area contributed by atoms with E-state index >= 15 is 0 Å². The van der Waals surface area contributed by atoms with Gasteiger partial charge in [0.05, 0.1) is 12.7 Å². The van der Waals surface area contributed by atoms with Gasteiger partial charge in [-0.15, -0.1) is 0 Å². The SMILES string of the molecule is COc1ccc(OC(=O)c2ccc(C3CCC(C4CCC(C)CC4)CC3)c(F)c2F)c(F)c1F. The van der Waals surface area contributed by atoms with Crippen molar-refractivity contribution in [2.75, 3.05) is 7.11 Å². The third-order valence-electron chi connectivity index (χ3n) is 7.70.